The molecule has 164 valence electrons. The van der Waals surface area contributed by atoms with Crippen LogP contribution in [-0.2, 0) is 9.53 Å². The lowest BCUT2D eigenvalue weighted by atomic mass is 9.87. The van der Waals surface area contributed by atoms with Crippen LogP contribution in [0.15, 0.2) is 35.5 Å². The Balaban J connectivity index is 1.65. The zero-order valence-electron chi connectivity index (χ0n) is 17.1. The van der Waals surface area contributed by atoms with Gasteiger partial charge >= 0.3 is 5.97 Å². The van der Waals surface area contributed by atoms with Gasteiger partial charge in [0.25, 0.3) is 6.43 Å². The molecule has 7 nitrogen and oxygen atoms in total. The molecule has 1 aliphatic carbocycles. The Morgan fingerprint density at radius 1 is 1.16 bits per heavy atom. The fourth-order valence-electron chi connectivity index (χ4n) is 3.84. The Kier molecular flexibility index (Phi) is 6.35. The van der Waals surface area contributed by atoms with E-state index in [1.807, 2.05) is 6.26 Å². The highest BCUT2D eigenvalue weighted by Crippen LogP contribution is 2.31. The molecule has 1 fully saturated rings. The zero-order valence-corrected chi connectivity index (χ0v) is 17.9. The summed E-state index contributed by atoms with van der Waals surface area (Å²) in [6.07, 6.45) is 1.64. The van der Waals surface area contributed by atoms with E-state index in [4.69, 9.17) is 9.47 Å². The van der Waals surface area contributed by atoms with Crippen molar-refractivity contribution in [1.29, 1.82) is 0 Å². The first-order chi connectivity index (χ1) is 15.0. The first-order valence-electron chi connectivity index (χ1n) is 9.93. The van der Waals surface area contributed by atoms with Crippen LogP contribution in [0.1, 0.15) is 37.9 Å². The minimum Gasteiger partial charge on any atom is -0.474 e. The molecular weight excluding hydrogens is 426 g/mol. The van der Waals surface area contributed by atoms with Crippen molar-refractivity contribution in [2.24, 2.45) is 5.92 Å². The molecule has 10 heteroatoms. The van der Waals surface area contributed by atoms with Gasteiger partial charge in [-0.05, 0) is 44.1 Å². The SMILES string of the molecule is COC(=O)C1CCC(Oc2cc(-n3c(C(F)F)nc4ccccc43)nc(SC)n2)CC1. The molecule has 0 amide bonds. The largest absolute Gasteiger partial charge is 0.474 e. The van der Waals surface area contributed by atoms with Crippen molar-refractivity contribution in [1.82, 2.24) is 19.5 Å². The summed E-state index contributed by atoms with van der Waals surface area (Å²) < 4.78 is 39.7. The number of carbonyl (C=O) groups is 1. The van der Waals surface area contributed by atoms with E-state index in [1.165, 1.54) is 23.4 Å². The van der Waals surface area contributed by atoms with Gasteiger partial charge in [-0.25, -0.2) is 18.7 Å². The third kappa shape index (κ3) is 4.48. The molecule has 1 aliphatic rings. The number of esters is 1. The van der Waals surface area contributed by atoms with Gasteiger partial charge in [-0.2, -0.15) is 4.98 Å². The van der Waals surface area contributed by atoms with Crippen LogP contribution in [0.2, 0.25) is 0 Å². The molecule has 4 rings (SSSR count). The average Bonchev–Trinajstić information content (AvgIpc) is 3.19. The van der Waals surface area contributed by atoms with Crippen molar-refractivity contribution >= 4 is 28.8 Å². The van der Waals surface area contributed by atoms with E-state index in [0.29, 0.717) is 47.8 Å². The minimum atomic E-state index is -2.77. The molecule has 31 heavy (non-hydrogen) atoms. The van der Waals surface area contributed by atoms with Gasteiger partial charge in [-0.1, -0.05) is 23.9 Å². The Hall–Kier alpha value is -2.75. The lowest BCUT2D eigenvalue weighted by Crippen LogP contribution is -2.28. The molecule has 3 aromatic rings. The normalized spacial score (nSPS) is 19.0. The molecule has 2 heterocycles. The lowest BCUT2D eigenvalue weighted by molar-refractivity contribution is -0.147. The van der Waals surface area contributed by atoms with Crippen LogP contribution in [0.3, 0.4) is 0 Å². The number of hydrogen-bond acceptors (Lipinski definition) is 7. The van der Waals surface area contributed by atoms with Crippen LogP contribution in [0.4, 0.5) is 8.78 Å². The van der Waals surface area contributed by atoms with E-state index in [1.54, 1.807) is 30.3 Å². The van der Waals surface area contributed by atoms with Crippen molar-refractivity contribution in [3.8, 4) is 11.7 Å². The van der Waals surface area contributed by atoms with Gasteiger partial charge in [0.1, 0.15) is 11.9 Å². The van der Waals surface area contributed by atoms with E-state index >= 15 is 0 Å². The number of halogens is 2. The Morgan fingerprint density at radius 2 is 1.90 bits per heavy atom. The second kappa shape index (κ2) is 9.17. The maximum Gasteiger partial charge on any atom is 0.308 e. The molecule has 0 spiro atoms. The van der Waals surface area contributed by atoms with Crippen molar-refractivity contribution in [3.63, 3.8) is 0 Å². The lowest BCUT2D eigenvalue weighted by Gasteiger charge is -2.27. The fraction of sp³-hybridized carbons (Fsp3) is 0.429. The molecule has 0 N–H and O–H groups in total. The predicted molar refractivity (Wildman–Crippen MR) is 112 cm³/mol. The van der Waals surface area contributed by atoms with Crippen LogP contribution in [0, 0.1) is 5.92 Å². The van der Waals surface area contributed by atoms with Gasteiger partial charge in [-0.15, -0.1) is 0 Å². The first kappa shape index (κ1) is 21.5. The second-order valence-electron chi connectivity index (χ2n) is 7.26. The number of nitrogens with zero attached hydrogens (tertiary/aromatic N) is 4. The van der Waals surface area contributed by atoms with Gasteiger partial charge in [0.15, 0.2) is 11.0 Å². The number of ether oxygens (including phenoxy) is 2. The summed E-state index contributed by atoms with van der Waals surface area (Å²) >= 11 is 1.30. The number of methoxy groups -OCH3 is 1. The van der Waals surface area contributed by atoms with E-state index in [0.717, 1.165) is 0 Å². The molecular formula is C21H22F2N4O3S. The number of benzene rings is 1. The molecule has 1 aromatic carbocycles. The number of aromatic nitrogens is 4. The van der Waals surface area contributed by atoms with Crippen molar-refractivity contribution < 1.29 is 23.0 Å². The summed E-state index contributed by atoms with van der Waals surface area (Å²) in [6.45, 7) is 0. The van der Waals surface area contributed by atoms with Gasteiger partial charge in [0, 0.05) is 6.07 Å². The molecule has 2 aromatic heterocycles. The molecule has 0 atom stereocenters. The maximum absolute atomic E-state index is 13.7. The van der Waals surface area contributed by atoms with E-state index in [-0.39, 0.29) is 29.6 Å². The smallest absolute Gasteiger partial charge is 0.308 e. The molecule has 0 unspecified atom stereocenters. The summed E-state index contributed by atoms with van der Waals surface area (Å²) in [5, 5.41) is 0.411. The van der Waals surface area contributed by atoms with Gasteiger partial charge in [0.2, 0.25) is 5.88 Å². The topological polar surface area (TPSA) is 79.1 Å². The van der Waals surface area contributed by atoms with Crippen molar-refractivity contribution in [2.75, 3.05) is 13.4 Å². The number of carbonyl (C=O) groups excluding carboxylic acids is 1. The quantitative estimate of drug-likeness (QED) is 0.310. The standard InChI is InChI=1S/C21H22F2N4O3S/c1-29-20(28)12-7-9-13(10-8-12)30-17-11-16(25-21(26-17)31-2)27-15-6-4-3-5-14(15)24-19(27)18(22)23/h3-6,11-13,18H,7-10H2,1-2H3. The van der Waals surface area contributed by atoms with Crippen LogP contribution in [0.25, 0.3) is 16.9 Å². The third-order valence-electron chi connectivity index (χ3n) is 5.36. The van der Waals surface area contributed by atoms with Gasteiger partial charge < -0.3 is 9.47 Å². The minimum absolute atomic E-state index is 0.113. The third-order valence-corrected chi connectivity index (χ3v) is 5.91. The van der Waals surface area contributed by atoms with Crippen molar-refractivity contribution in [2.45, 2.75) is 43.4 Å². The average molecular weight is 448 g/mol. The molecule has 0 bridgehead atoms. The van der Waals surface area contributed by atoms with E-state index < -0.39 is 6.43 Å². The highest BCUT2D eigenvalue weighted by atomic mass is 32.2. The first-order valence-corrected chi connectivity index (χ1v) is 11.2. The molecule has 1 saturated carbocycles. The highest BCUT2D eigenvalue weighted by molar-refractivity contribution is 7.98. The van der Waals surface area contributed by atoms with Crippen molar-refractivity contribution in [3.05, 3.63) is 36.2 Å². The zero-order chi connectivity index (χ0) is 22.0. The summed E-state index contributed by atoms with van der Waals surface area (Å²) in [5.74, 6) is -0.0932. The van der Waals surface area contributed by atoms with Crippen LogP contribution < -0.4 is 4.74 Å². The summed E-state index contributed by atoms with van der Waals surface area (Å²) in [7, 11) is 1.39. The number of imidazole rings is 1. The number of thioether (sulfide) groups is 1. The fourth-order valence-corrected chi connectivity index (χ4v) is 4.21. The number of alkyl halides is 2. The number of para-hydroxylation sites is 2. The van der Waals surface area contributed by atoms with Crippen LogP contribution in [-0.4, -0.2) is 45.0 Å². The summed E-state index contributed by atoms with van der Waals surface area (Å²) in [6, 6.07) is 8.49. The Bertz CT molecular complexity index is 1080. The molecule has 0 saturated heterocycles. The number of rotatable bonds is 6. The van der Waals surface area contributed by atoms with Crippen LogP contribution in [0.5, 0.6) is 5.88 Å². The number of hydrogen-bond donors (Lipinski definition) is 0. The molecule has 0 aliphatic heterocycles. The maximum atomic E-state index is 13.7. The molecule has 0 radical (unpaired) electrons. The Labute approximate surface area is 182 Å². The van der Waals surface area contributed by atoms with E-state index in [2.05, 4.69) is 15.0 Å². The summed E-state index contributed by atoms with van der Waals surface area (Å²) in [5.41, 5.74) is 0.999. The summed E-state index contributed by atoms with van der Waals surface area (Å²) in [4.78, 5) is 24.6. The highest BCUT2D eigenvalue weighted by Gasteiger charge is 2.28. The Morgan fingerprint density at radius 3 is 2.58 bits per heavy atom. The number of fused-ring (bicyclic) bond motifs is 1. The van der Waals surface area contributed by atoms with Crippen LogP contribution >= 0.6 is 11.8 Å². The van der Waals surface area contributed by atoms with Gasteiger partial charge in [0.05, 0.1) is 24.1 Å². The van der Waals surface area contributed by atoms with Gasteiger partial charge in [-0.3, -0.25) is 9.36 Å². The van der Waals surface area contributed by atoms with E-state index in [9.17, 15) is 13.6 Å². The second-order valence-corrected chi connectivity index (χ2v) is 8.03. The monoisotopic (exact) mass is 448 g/mol. The predicted octanol–water partition coefficient (Wildman–Crippen LogP) is 4.59.